The molecular formula is C20H24N2O7S. The lowest BCUT2D eigenvalue weighted by Crippen LogP contribution is -2.41. The SMILES string of the molecule is CCOCOCC(CC(Cc1ccsc1)C(=O)O)NC(=O)c1ccc([N+](=O)[O-])cc1. The van der Waals surface area contributed by atoms with E-state index in [9.17, 15) is 24.8 Å². The van der Waals surface area contributed by atoms with Crippen LogP contribution in [0.15, 0.2) is 41.1 Å². The monoisotopic (exact) mass is 436 g/mol. The Labute approximate surface area is 177 Å². The van der Waals surface area contributed by atoms with E-state index in [0.29, 0.717) is 13.0 Å². The number of hydrogen-bond acceptors (Lipinski definition) is 7. The molecule has 0 aliphatic rings. The number of aliphatic carboxylic acids is 1. The standard InChI is InChI=1S/C20H24N2O7S/c1-2-28-13-29-11-17(10-16(20(24)25)9-14-7-8-30-12-14)21-19(23)15-3-5-18(6-4-15)22(26)27/h3-8,12,16-17H,2,9-11,13H2,1H3,(H,21,23)(H,24,25). The molecule has 2 N–H and O–H groups in total. The van der Waals surface area contributed by atoms with E-state index in [1.807, 2.05) is 23.8 Å². The second kappa shape index (κ2) is 12.0. The van der Waals surface area contributed by atoms with Crippen molar-refractivity contribution in [1.29, 1.82) is 0 Å². The van der Waals surface area contributed by atoms with Gasteiger partial charge >= 0.3 is 5.97 Å². The van der Waals surface area contributed by atoms with Gasteiger partial charge in [-0.1, -0.05) is 0 Å². The third-order valence-corrected chi connectivity index (χ3v) is 5.08. The van der Waals surface area contributed by atoms with E-state index in [4.69, 9.17) is 9.47 Å². The van der Waals surface area contributed by atoms with Crippen LogP contribution in [-0.4, -0.2) is 48.0 Å². The molecule has 0 aliphatic carbocycles. The van der Waals surface area contributed by atoms with Gasteiger partial charge in [-0.05, 0) is 54.3 Å². The Hall–Kier alpha value is -2.82. The first-order valence-corrected chi connectivity index (χ1v) is 10.3. The highest BCUT2D eigenvalue weighted by molar-refractivity contribution is 7.07. The highest BCUT2D eigenvalue weighted by Gasteiger charge is 2.25. The van der Waals surface area contributed by atoms with Gasteiger partial charge in [0.15, 0.2) is 0 Å². The minimum atomic E-state index is -0.958. The third kappa shape index (κ3) is 7.54. The summed E-state index contributed by atoms with van der Waals surface area (Å²) in [6.45, 7) is 2.39. The maximum Gasteiger partial charge on any atom is 0.306 e. The summed E-state index contributed by atoms with van der Waals surface area (Å²) >= 11 is 1.49. The molecule has 0 radical (unpaired) electrons. The highest BCUT2D eigenvalue weighted by atomic mass is 32.1. The van der Waals surface area contributed by atoms with Gasteiger partial charge in [0.2, 0.25) is 0 Å². The highest BCUT2D eigenvalue weighted by Crippen LogP contribution is 2.18. The molecule has 0 spiro atoms. The molecule has 2 unspecified atom stereocenters. The molecule has 1 amide bonds. The first kappa shape index (κ1) is 23.5. The third-order valence-electron chi connectivity index (χ3n) is 4.35. The Kier molecular flexibility index (Phi) is 9.39. The number of carboxylic acid groups (broad SMARTS) is 1. The van der Waals surface area contributed by atoms with E-state index < -0.39 is 28.8 Å². The summed E-state index contributed by atoms with van der Waals surface area (Å²) in [5.74, 6) is -2.13. The molecule has 2 atom stereocenters. The molecule has 1 heterocycles. The number of non-ortho nitro benzene ring substituents is 1. The molecule has 1 aromatic heterocycles. The van der Waals surface area contributed by atoms with E-state index in [0.717, 1.165) is 5.56 Å². The number of ether oxygens (including phenoxy) is 2. The summed E-state index contributed by atoms with van der Waals surface area (Å²) in [6, 6.07) is 6.49. The van der Waals surface area contributed by atoms with Gasteiger partial charge in [-0.15, -0.1) is 0 Å². The molecule has 0 saturated carbocycles. The Bertz CT molecular complexity index is 824. The fourth-order valence-electron chi connectivity index (χ4n) is 2.81. The first-order chi connectivity index (χ1) is 14.4. The second-order valence-electron chi connectivity index (χ2n) is 6.56. The van der Waals surface area contributed by atoms with Gasteiger partial charge in [-0.2, -0.15) is 11.3 Å². The summed E-state index contributed by atoms with van der Waals surface area (Å²) in [5.41, 5.74) is 1.04. The molecular weight excluding hydrogens is 412 g/mol. The zero-order valence-electron chi connectivity index (χ0n) is 16.5. The van der Waals surface area contributed by atoms with Crippen molar-refractivity contribution in [2.75, 3.05) is 20.0 Å². The molecule has 0 fully saturated rings. The predicted molar refractivity (Wildman–Crippen MR) is 111 cm³/mol. The molecule has 30 heavy (non-hydrogen) atoms. The quantitative estimate of drug-likeness (QED) is 0.214. The Morgan fingerprint density at radius 2 is 1.97 bits per heavy atom. The first-order valence-electron chi connectivity index (χ1n) is 9.35. The molecule has 162 valence electrons. The van der Waals surface area contributed by atoms with Gasteiger partial charge in [-0.3, -0.25) is 19.7 Å². The fourth-order valence-corrected chi connectivity index (χ4v) is 3.49. The Morgan fingerprint density at radius 1 is 1.23 bits per heavy atom. The minimum absolute atomic E-state index is 0.0304. The number of thiophene rings is 1. The topological polar surface area (TPSA) is 128 Å². The van der Waals surface area contributed by atoms with Crippen molar-refractivity contribution in [3.63, 3.8) is 0 Å². The maximum atomic E-state index is 12.6. The number of carbonyl (C=O) groups is 2. The average Bonchev–Trinajstić information content (AvgIpc) is 3.23. The van der Waals surface area contributed by atoms with Gasteiger partial charge < -0.3 is 19.9 Å². The van der Waals surface area contributed by atoms with Crippen LogP contribution >= 0.6 is 11.3 Å². The van der Waals surface area contributed by atoms with Crippen LogP contribution in [0.3, 0.4) is 0 Å². The van der Waals surface area contributed by atoms with E-state index in [1.165, 1.54) is 35.6 Å². The van der Waals surface area contributed by atoms with E-state index in [-0.39, 0.29) is 31.1 Å². The van der Waals surface area contributed by atoms with Gasteiger partial charge in [0.25, 0.3) is 11.6 Å². The Balaban J connectivity index is 2.07. The number of nitrogens with one attached hydrogen (secondary N) is 1. The lowest BCUT2D eigenvalue weighted by molar-refractivity contribution is -0.384. The number of amides is 1. The van der Waals surface area contributed by atoms with Crippen LogP contribution in [0.1, 0.15) is 29.3 Å². The predicted octanol–water partition coefficient (Wildman–Crippen LogP) is 3.10. The van der Waals surface area contributed by atoms with Crippen molar-refractivity contribution in [3.8, 4) is 0 Å². The zero-order valence-corrected chi connectivity index (χ0v) is 17.3. The van der Waals surface area contributed by atoms with Gasteiger partial charge in [0.1, 0.15) is 6.79 Å². The lowest BCUT2D eigenvalue weighted by atomic mass is 9.94. The molecule has 9 nitrogen and oxygen atoms in total. The van der Waals surface area contributed by atoms with Crippen LogP contribution in [-0.2, 0) is 20.7 Å². The summed E-state index contributed by atoms with van der Waals surface area (Å²) in [6.07, 6.45) is 0.504. The minimum Gasteiger partial charge on any atom is -0.481 e. The van der Waals surface area contributed by atoms with Crippen molar-refractivity contribution in [2.45, 2.75) is 25.8 Å². The van der Waals surface area contributed by atoms with Crippen molar-refractivity contribution in [3.05, 3.63) is 62.3 Å². The largest absolute Gasteiger partial charge is 0.481 e. The van der Waals surface area contributed by atoms with Crippen LogP contribution in [0.5, 0.6) is 0 Å². The van der Waals surface area contributed by atoms with E-state index in [2.05, 4.69) is 5.32 Å². The summed E-state index contributed by atoms with van der Waals surface area (Å²) < 4.78 is 10.6. The smallest absolute Gasteiger partial charge is 0.306 e. The number of carboxylic acids is 1. The number of benzene rings is 1. The van der Waals surface area contributed by atoms with Crippen LogP contribution in [0.25, 0.3) is 0 Å². The molecule has 10 heteroatoms. The van der Waals surface area contributed by atoms with E-state index >= 15 is 0 Å². The van der Waals surface area contributed by atoms with Crippen molar-refractivity contribution in [1.82, 2.24) is 5.32 Å². The summed E-state index contributed by atoms with van der Waals surface area (Å²) in [7, 11) is 0. The molecule has 0 saturated heterocycles. The molecule has 0 aliphatic heterocycles. The van der Waals surface area contributed by atoms with Gasteiger partial charge in [-0.25, -0.2) is 0 Å². The van der Waals surface area contributed by atoms with Crippen molar-refractivity contribution < 1.29 is 29.1 Å². The molecule has 2 aromatic rings. The molecule has 0 bridgehead atoms. The zero-order chi connectivity index (χ0) is 21.9. The number of nitrogens with zero attached hydrogens (tertiary/aromatic N) is 1. The summed E-state index contributed by atoms with van der Waals surface area (Å²) in [4.78, 5) is 34.6. The number of hydrogen-bond donors (Lipinski definition) is 2. The van der Waals surface area contributed by atoms with Crippen LogP contribution in [0.2, 0.25) is 0 Å². The number of nitro groups is 1. The summed E-state index contributed by atoms with van der Waals surface area (Å²) in [5, 5.41) is 26.9. The number of nitro benzene ring substituents is 1. The molecule has 2 rings (SSSR count). The maximum absolute atomic E-state index is 12.6. The van der Waals surface area contributed by atoms with Gasteiger partial charge in [0.05, 0.1) is 23.5 Å². The fraction of sp³-hybridized carbons (Fsp3) is 0.400. The van der Waals surface area contributed by atoms with Crippen molar-refractivity contribution in [2.24, 2.45) is 5.92 Å². The van der Waals surface area contributed by atoms with Crippen LogP contribution < -0.4 is 5.32 Å². The molecule has 1 aromatic carbocycles. The van der Waals surface area contributed by atoms with Crippen LogP contribution in [0.4, 0.5) is 5.69 Å². The second-order valence-corrected chi connectivity index (χ2v) is 7.34. The van der Waals surface area contributed by atoms with Crippen molar-refractivity contribution >= 4 is 28.9 Å². The lowest BCUT2D eigenvalue weighted by Gasteiger charge is -2.22. The Morgan fingerprint density at radius 3 is 2.53 bits per heavy atom. The number of rotatable bonds is 13. The van der Waals surface area contributed by atoms with E-state index in [1.54, 1.807) is 0 Å². The average molecular weight is 436 g/mol. The number of carbonyl (C=O) groups excluding carboxylic acids is 1. The van der Waals surface area contributed by atoms with Crippen LogP contribution in [0, 0.1) is 16.0 Å². The van der Waals surface area contributed by atoms with Gasteiger partial charge in [0, 0.05) is 24.3 Å². The normalized spacial score (nSPS) is 12.8.